The van der Waals surface area contributed by atoms with Crippen molar-refractivity contribution in [3.63, 3.8) is 0 Å². The fourth-order valence-corrected chi connectivity index (χ4v) is 3.12. The van der Waals surface area contributed by atoms with Gasteiger partial charge in [0.15, 0.2) is 11.6 Å². The van der Waals surface area contributed by atoms with Crippen LogP contribution in [0.3, 0.4) is 0 Å². The minimum Gasteiger partial charge on any atom is -0.453 e. The first-order chi connectivity index (χ1) is 14.6. The monoisotopic (exact) mass is 405 g/mol. The number of nitrogens with one attached hydrogen (secondary N) is 2. The highest BCUT2D eigenvalue weighted by molar-refractivity contribution is 6.04. The number of H-pyrrole nitrogens is 1. The van der Waals surface area contributed by atoms with Crippen LogP contribution in [0.4, 0.5) is 14.5 Å². The van der Waals surface area contributed by atoms with Gasteiger partial charge in [-0.25, -0.2) is 13.8 Å². The number of aromatic amines is 1. The van der Waals surface area contributed by atoms with E-state index in [1.54, 1.807) is 24.4 Å². The normalized spacial score (nSPS) is 10.7. The van der Waals surface area contributed by atoms with Gasteiger partial charge in [0.05, 0.1) is 10.9 Å². The molecule has 2 aromatic carbocycles. The second-order valence-corrected chi connectivity index (χ2v) is 6.52. The molecule has 5 nitrogen and oxygen atoms in total. The molecule has 0 saturated heterocycles. The molecule has 7 heteroatoms. The molecule has 30 heavy (non-hydrogen) atoms. The van der Waals surface area contributed by atoms with E-state index in [1.165, 1.54) is 30.3 Å². The number of rotatable bonds is 6. The summed E-state index contributed by atoms with van der Waals surface area (Å²) in [5.41, 5.74) is 1.61. The molecule has 2 heterocycles. The molecular formula is C23H17F2N3O2. The van der Waals surface area contributed by atoms with E-state index in [-0.39, 0.29) is 17.0 Å². The highest BCUT2D eigenvalue weighted by Crippen LogP contribution is 2.33. The van der Waals surface area contributed by atoms with E-state index in [2.05, 4.69) is 21.9 Å². The van der Waals surface area contributed by atoms with E-state index in [0.29, 0.717) is 17.8 Å². The van der Waals surface area contributed by atoms with Gasteiger partial charge in [-0.2, -0.15) is 0 Å². The molecular weight excluding hydrogens is 388 g/mol. The fraction of sp³-hybridized carbons (Fsp3) is 0.0435. The van der Waals surface area contributed by atoms with Crippen LogP contribution < -0.4 is 10.1 Å². The fourth-order valence-electron chi connectivity index (χ4n) is 3.12. The van der Waals surface area contributed by atoms with Crippen LogP contribution in [0.15, 0.2) is 73.6 Å². The third-order valence-corrected chi connectivity index (χ3v) is 4.51. The first kappa shape index (κ1) is 19.3. The second-order valence-electron chi connectivity index (χ2n) is 6.52. The second kappa shape index (κ2) is 8.16. The Kier molecular flexibility index (Phi) is 5.26. The van der Waals surface area contributed by atoms with Gasteiger partial charge in [0.2, 0.25) is 0 Å². The number of nitrogens with zero attached hydrogens (tertiary/aromatic N) is 1. The Morgan fingerprint density at radius 1 is 1.13 bits per heavy atom. The van der Waals surface area contributed by atoms with Crippen molar-refractivity contribution < 1.29 is 18.3 Å². The van der Waals surface area contributed by atoms with Crippen LogP contribution in [0.5, 0.6) is 11.5 Å². The summed E-state index contributed by atoms with van der Waals surface area (Å²) in [7, 11) is 0. The molecule has 1 amide bonds. The number of ether oxygens (including phenoxy) is 1. The summed E-state index contributed by atoms with van der Waals surface area (Å²) in [5.74, 6) is -1.57. The average Bonchev–Trinajstić information content (AvgIpc) is 3.14. The van der Waals surface area contributed by atoms with Crippen molar-refractivity contribution >= 4 is 22.6 Å². The van der Waals surface area contributed by atoms with E-state index >= 15 is 0 Å². The van der Waals surface area contributed by atoms with Gasteiger partial charge in [0, 0.05) is 24.1 Å². The summed E-state index contributed by atoms with van der Waals surface area (Å²) in [5, 5.41) is 3.23. The van der Waals surface area contributed by atoms with Crippen molar-refractivity contribution in [1.29, 1.82) is 0 Å². The predicted molar refractivity (Wildman–Crippen MR) is 111 cm³/mol. The number of aromatic nitrogens is 2. The highest BCUT2D eigenvalue weighted by atomic mass is 19.1. The maximum atomic E-state index is 14.7. The van der Waals surface area contributed by atoms with E-state index in [0.717, 1.165) is 17.0 Å². The Bertz CT molecular complexity index is 1250. The van der Waals surface area contributed by atoms with E-state index in [4.69, 9.17) is 4.74 Å². The Hall–Kier alpha value is -4.00. The maximum absolute atomic E-state index is 14.7. The number of halogens is 2. The van der Waals surface area contributed by atoms with Gasteiger partial charge in [-0.3, -0.25) is 4.79 Å². The number of carbonyl (C=O) groups is 1. The molecule has 4 aromatic rings. The molecule has 0 atom stereocenters. The Morgan fingerprint density at radius 3 is 2.73 bits per heavy atom. The molecule has 0 aliphatic carbocycles. The Morgan fingerprint density at radius 2 is 1.97 bits per heavy atom. The molecule has 0 unspecified atom stereocenters. The molecule has 0 radical (unpaired) electrons. The number of amides is 1. The minimum absolute atomic E-state index is 0.0165. The highest BCUT2D eigenvalue weighted by Gasteiger charge is 2.15. The summed E-state index contributed by atoms with van der Waals surface area (Å²) in [6, 6.07) is 11.2. The number of hydrogen-bond acceptors (Lipinski definition) is 3. The van der Waals surface area contributed by atoms with Crippen LogP contribution >= 0.6 is 0 Å². The molecule has 150 valence electrons. The minimum atomic E-state index is -0.674. The molecule has 2 aromatic heterocycles. The van der Waals surface area contributed by atoms with Gasteiger partial charge in [-0.05, 0) is 42.3 Å². The quantitative estimate of drug-likeness (QED) is 0.410. The van der Waals surface area contributed by atoms with Crippen molar-refractivity contribution in [3.05, 3.63) is 96.3 Å². The van der Waals surface area contributed by atoms with Crippen LogP contribution in [0.2, 0.25) is 0 Å². The van der Waals surface area contributed by atoms with Gasteiger partial charge in [0.25, 0.3) is 5.91 Å². The number of allylic oxidation sites excluding steroid dienone is 1. The van der Waals surface area contributed by atoms with Crippen LogP contribution in [0.25, 0.3) is 11.0 Å². The molecule has 0 aliphatic rings. The molecule has 0 aliphatic heterocycles. The molecule has 2 N–H and O–H groups in total. The van der Waals surface area contributed by atoms with Gasteiger partial charge >= 0.3 is 0 Å². The summed E-state index contributed by atoms with van der Waals surface area (Å²) in [6.07, 6.45) is 5.73. The zero-order chi connectivity index (χ0) is 21.1. The van der Waals surface area contributed by atoms with E-state index in [1.807, 2.05) is 6.20 Å². The predicted octanol–water partition coefficient (Wildman–Crippen LogP) is 5.61. The number of fused-ring (bicyclic) bond motifs is 1. The van der Waals surface area contributed by atoms with Gasteiger partial charge in [-0.15, -0.1) is 6.58 Å². The van der Waals surface area contributed by atoms with Gasteiger partial charge in [0.1, 0.15) is 17.2 Å². The SMILES string of the molecule is C=CCc1c[nH]c2nccc(Oc3ccc(NC(=O)c4ccccc4F)cc3F)c12. The summed E-state index contributed by atoms with van der Waals surface area (Å²) < 4.78 is 34.2. The van der Waals surface area contributed by atoms with E-state index < -0.39 is 17.5 Å². The Labute approximate surface area is 171 Å². The van der Waals surface area contributed by atoms with Crippen molar-refractivity contribution in [2.45, 2.75) is 6.42 Å². The van der Waals surface area contributed by atoms with Crippen LogP contribution in [0.1, 0.15) is 15.9 Å². The van der Waals surface area contributed by atoms with E-state index in [9.17, 15) is 13.6 Å². The van der Waals surface area contributed by atoms with Crippen molar-refractivity contribution in [3.8, 4) is 11.5 Å². The first-order valence-electron chi connectivity index (χ1n) is 9.16. The standard InChI is InChI=1S/C23H17F2N3O2/c1-2-5-14-13-27-22-21(14)20(10-11-26-22)30-19-9-8-15(12-18(19)25)28-23(29)16-6-3-4-7-17(16)24/h2-4,6-13H,1,5H2,(H,26,27)(H,28,29). The molecule has 0 saturated carbocycles. The molecule has 0 spiro atoms. The summed E-state index contributed by atoms with van der Waals surface area (Å²) in [4.78, 5) is 19.5. The number of hydrogen-bond donors (Lipinski definition) is 2. The third kappa shape index (κ3) is 3.77. The average molecular weight is 405 g/mol. The zero-order valence-electron chi connectivity index (χ0n) is 15.8. The zero-order valence-corrected chi connectivity index (χ0v) is 15.8. The lowest BCUT2D eigenvalue weighted by Crippen LogP contribution is -2.13. The number of anilines is 1. The molecule has 4 rings (SSSR count). The lowest BCUT2D eigenvalue weighted by atomic mass is 10.1. The smallest absolute Gasteiger partial charge is 0.258 e. The number of pyridine rings is 1. The third-order valence-electron chi connectivity index (χ3n) is 4.51. The van der Waals surface area contributed by atoms with Gasteiger partial charge < -0.3 is 15.0 Å². The topological polar surface area (TPSA) is 67.0 Å². The van der Waals surface area contributed by atoms with Crippen molar-refractivity contribution in [2.24, 2.45) is 0 Å². The van der Waals surface area contributed by atoms with Crippen LogP contribution in [-0.2, 0) is 6.42 Å². The summed E-state index contributed by atoms with van der Waals surface area (Å²) >= 11 is 0. The number of carbonyl (C=O) groups excluding carboxylic acids is 1. The summed E-state index contributed by atoms with van der Waals surface area (Å²) in [6.45, 7) is 3.74. The van der Waals surface area contributed by atoms with Crippen molar-refractivity contribution in [1.82, 2.24) is 9.97 Å². The number of benzene rings is 2. The first-order valence-corrected chi connectivity index (χ1v) is 9.16. The Balaban J connectivity index is 1.58. The van der Waals surface area contributed by atoms with Crippen LogP contribution in [0, 0.1) is 11.6 Å². The lowest BCUT2D eigenvalue weighted by Gasteiger charge is -2.11. The largest absolute Gasteiger partial charge is 0.453 e. The van der Waals surface area contributed by atoms with Crippen molar-refractivity contribution in [2.75, 3.05) is 5.32 Å². The molecule has 0 bridgehead atoms. The van der Waals surface area contributed by atoms with Crippen LogP contribution in [-0.4, -0.2) is 15.9 Å². The maximum Gasteiger partial charge on any atom is 0.258 e. The van der Waals surface area contributed by atoms with Gasteiger partial charge in [-0.1, -0.05) is 18.2 Å². The lowest BCUT2D eigenvalue weighted by molar-refractivity contribution is 0.102. The molecule has 0 fully saturated rings.